The highest BCUT2D eigenvalue weighted by Crippen LogP contribution is 2.23. The van der Waals surface area contributed by atoms with Crippen LogP contribution < -0.4 is 10.1 Å². The van der Waals surface area contributed by atoms with Crippen molar-refractivity contribution in [3.63, 3.8) is 0 Å². The van der Waals surface area contributed by atoms with E-state index < -0.39 is 0 Å². The Balaban J connectivity index is 2.60. The van der Waals surface area contributed by atoms with Gasteiger partial charge in [-0.05, 0) is 25.5 Å². The Kier molecular flexibility index (Phi) is 6.71. The molecule has 0 aliphatic heterocycles. The van der Waals surface area contributed by atoms with Crippen molar-refractivity contribution in [2.75, 3.05) is 13.2 Å². The monoisotopic (exact) mass is 235 g/mol. The second kappa shape index (κ2) is 8.13. The molecule has 2 nitrogen and oxygen atoms in total. The minimum atomic E-state index is 0.831. The van der Waals surface area contributed by atoms with Crippen molar-refractivity contribution < 1.29 is 4.74 Å². The van der Waals surface area contributed by atoms with Crippen molar-refractivity contribution in [3.8, 4) is 5.75 Å². The van der Waals surface area contributed by atoms with Gasteiger partial charge in [-0.3, -0.25) is 0 Å². The lowest BCUT2D eigenvalue weighted by Gasteiger charge is -2.14. The van der Waals surface area contributed by atoms with Gasteiger partial charge in [0.15, 0.2) is 0 Å². The van der Waals surface area contributed by atoms with Crippen molar-refractivity contribution in [2.24, 2.45) is 0 Å². The maximum Gasteiger partial charge on any atom is 0.126 e. The molecule has 0 atom stereocenters. The molecule has 1 rings (SSSR count). The van der Waals surface area contributed by atoms with E-state index in [1.807, 2.05) is 0 Å². The molecular weight excluding hydrogens is 210 g/mol. The summed E-state index contributed by atoms with van der Waals surface area (Å²) in [6.07, 6.45) is 3.63. The van der Waals surface area contributed by atoms with Gasteiger partial charge < -0.3 is 10.1 Å². The molecule has 0 spiro atoms. The normalized spacial score (nSPS) is 10.5. The molecule has 0 aliphatic rings. The van der Waals surface area contributed by atoms with Crippen LogP contribution in [0.25, 0.3) is 0 Å². The first kappa shape index (κ1) is 14.0. The van der Waals surface area contributed by atoms with Crippen molar-refractivity contribution in [3.05, 3.63) is 29.3 Å². The largest absolute Gasteiger partial charge is 0.493 e. The zero-order valence-electron chi connectivity index (χ0n) is 11.4. The summed E-state index contributed by atoms with van der Waals surface area (Å²) in [5, 5.41) is 3.35. The molecule has 0 saturated heterocycles. The number of aryl methyl sites for hydroxylation is 1. The van der Waals surface area contributed by atoms with Crippen LogP contribution in [0.5, 0.6) is 5.75 Å². The molecule has 0 bridgehead atoms. The van der Waals surface area contributed by atoms with Crippen molar-refractivity contribution in [1.29, 1.82) is 0 Å². The van der Waals surface area contributed by atoms with Gasteiger partial charge in [0.1, 0.15) is 5.75 Å². The van der Waals surface area contributed by atoms with Crippen LogP contribution in [0.2, 0.25) is 0 Å². The third-order valence-electron chi connectivity index (χ3n) is 2.85. The molecule has 96 valence electrons. The summed E-state index contributed by atoms with van der Waals surface area (Å²) in [7, 11) is 0. The molecule has 1 aromatic rings. The van der Waals surface area contributed by atoms with Gasteiger partial charge in [0.05, 0.1) is 6.61 Å². The number of unbranched alkanes of at least 4 members (excludes halogenated alkanes) is 2. The van der Waals surface area contributed by atoms with Crippen LogP contribution in [0.1, 0.15) is 44.2 Å². The van der Waals surface area contributed by atoms with E-state index >= 15 is 0 Å². The van der Waals surface area contributed by atoms with E-state index in [9.17, 15) is 0 Å². The average molecular weight is 235 g/mol. The lowest BCUT2D eigenvalue weighted by Crippen LogP contribution is -2.13. The molecule has 0 aromatic heterocycles. The quantitative estimate of drug-likeness (QED) is 0.694. The molecule has 17 heavy (non-hydrogen) atoms. The molecule has 1 N–H and O–H groups in total. The minimum Gasteiger partial charge on any atom is -0.493 e. The van der Waals surface area contributed by atoms with Crippen molar-refractivity contribution in [1.82, 2.24) is 5.32 Å². The van der Waals surface area contributed by atoms with Gasteiger partial charge in [-0.25, -0.2) is 0 Å². The van der Waals surface area contributed by atoms with Crippen LogP contribution >= 0.6 is 0 Å². The Labute approximate surface area is 105 Å². The fourth-order valence-electron chi connectivity index (χ4n) is 1.84. The molecule has 0 unspecified atom stereocenters. The summed E-state index contributed by atoms with van der Waals surface area (Å²) in [5.41, 5.74) is 2.50. The van der Waals surface area contributed by atoms with Crippen LogP contribution in [0.15, 0.2) is 18.2 Å². The van der Waals surface area contributed by atoms with Crippen LogP contribution in [0.3, 0.4) is 0 Å². The predicted molar refractivity (Wildman–Crippen MR) is 73.6 cm³/mol. The number of para-hydroxylation sites is 1. The fraction of sp³-hybridized carbons (Fsp3) is 0.600. The fourth-order valence-corrected chi connectivity index (χ4v) is 1.84. The standard InChI is InChI=1S/C15H25NO/c1-4-6-7-11-17-15-13(3)9-8-10-14(15)12-16-5-2/h8-10,16H,4-7,11-12H2,1-3H3. The molecule has 0 amide bonds. The molecule has 0 saturated carbocycles. The van der Waals surface area contributed by atoms with Crippen LogP contribution in [0.4, 0.5) is 0 Å². The maximum atomic E-state index is 5.93. The van der Waals surface area contributed by atoms with Gasteiger partial charge in [-0.1, -0.05) is 44.9 Å². The Morgan fingerprint density at radius 3 is 2.71 bits per heavy atom. The molecular formula is C15H25NO. The first-order chi connectivity index (χ1) is 8.29. The minimum absolute atomic E-state index is 0.831. The lowest BCUT2D eigenvalue weighted by atomic mass is 10.1. The van der Waals surface area contributed by atoms with Crippen LogP contribution in [-0.4, -0.2) is 13.2 Å². The summed E-state index contributed by atoms with van der Waals surface area (Å²) >= 11 is 0. The molecule has 0 aliphatic carbocycles. The van der Waals surface area contributed by atoms with Gasteiger partial charge in [-0.2, -0.15) is 0 Å². The van der Waals surface area contributed by atoms with Crippen molar-refractivity contribution in [2.45, 2.75) is 46.6 Å². The van der Waals surface area contributed by atoms with Gasteiger partial charge in [0.25, 0.3) is 0 Å². The van der Waals surface area contributed by atoms with E-state index in [0.29, 0.717) is 0 Å². The molecule has 0 fully saturated rings. The highest BCUT2D eigenvalue weighted by Gasteiger charge is 2.06. The van der Waals surface area contributed by atoms with Gasteiger partial charge >= 0.3 is 0 Å². The number of benzene rings is 1. The molecule has 0 radical (unpaired) electrons. The smallest absolute Gasteiger partial charge is 0.126 e. The van der Waals surface area contributed by atoms with Gasteiger partial charge in [-0.15, -0.1) is 0 Å². The average Bonchev–Trinajstić information content (AvgIpc) is 2.34. The Bertz CT molecular complexity index is 323. The molecule has 2 heteroatoms. The number of hydrogen-bond acceptors (Lipinski definition) is 2. The van der Waals surface area contributed by atoms with E-state index in [4.69, 9.17) is 4.74 Å². The van der Waals surface area contributed by atoms with Crippen molar-refractivity contribution >= 4 is 0 Å². The van der Waals surface area contributed by atoms with Gasteiger partial charge in [0.2, 0.25) is 0 Å². The number of rotatable bonds is 8. The Morgan fingerprint density at radius 2 is 2.00 bits per heavy atom. The summed E-state index contributed by atoms with van der Waals surface area (Å²) in [6, 6.07) is 6.36. The predicted octanol–water partition coefficient (Wildman–Crippen LogP) is 3.67. The summed E-state index contributed by atoms with van der Waals surface area (Å²) in [4.78, 5) is 0. The zero-order valence-corrected chi connectivity index (χ0v) is 11.4. The second-order valence-corrected chi connectivity index (χ2v) is 4.40. The number of nitrogens with one attached hydrogen (secondary N) is 1. The lowest BCUT2D eigenvalue weighted by molar-refractivity contribution is 0.300. The van der Waals surface area contributed by atoms with E-state index in [-0.39, 0.29) is 0 Å². The highest BCUT2D eigenvalue weighted by atomic mass is 16.5. The Hall–Kier alpha value is -1.02. The van der Waals surface area contributed by atoms with Crippen LogP contribution in [-0.2, 0) is 6.54 Å². The zero-order chi connectivity index (χ0) is 12.5. The first-order valence-corrected chi connectivity index (χ1v) is 6.71. The summed E-state index contributed by atoms with van der Waals surface area (Å²) < 4.78 is 5.93. The van der Waals surface area contributed by atoms with E-state index in [0.717, 1.165) is 31.9 Å². The summed E-state index contributed by atoms with van der Waals surface area (Å²) in [6.45, 7) is 9.16. The maximum absolute atomic E-state index is 5.93. The van der Waals surface area contributed by atoms with Crippen LogP contribution in [0, 0.1) is 6.92 Å². The molecule has 0 heterocycles. The third kappa shape index (κ3) is 4.78. The Morgan fingerprint density at radius 1 is 1.18 bits per heavy atom. The number of ether oxygens (including phenoxy) is 1. The van der Waals surface area contributed by atoms with Gasteiger partial charge in [0, 0.05) is 12.1 Å². The first-order valence-electron chi connectivity index (χ1n) is 6.71. The SMILES string of the molecule is CCCCCOc1c(C)cccc1CNCC. The van der Waals surface area contributed by atoms with E-state index in [2.05, 4.69) is 44.3 Å². The summed E-state index contributed by atoms with van der Waals surface area (Å²) in [5.74, 6) is 1.07. The van der Waals surface area contributed by atoms with E-state index in [1.54, 1.807) is 0 Å². The topological polar surface area (TPSA) is 21.3 Å². The molecule has 1 aromatic carbocycles. The van der Waals surface area contributed by atoms with E-state index in [1.165, 1.54) is 24.0 Å². The second-order valence-electron chi connectivity index (χ2n) is 4.40. The number of hydrogen-bond donors (Lipinski definition) is 1. The highest BCUT2D eigenvalue weighted by molar-refractivity contribution is 5.40. The third-order valence-corrected chi connectivity index (χ3v) is 2.85.